The molecule has 2 nitrogen and oxygen atoms in total. The van der Waals surface area contributed by atoms with Crippen molar-refractivity contribution in [2.75, 3.05) is 0 Å². The fourth-order valence-corrected chi connectivity index (χ4v) is 1.69. The fourth-order valence-electron chi connectivity index (χ4n) is 1.46. The highest BCUT2D eigenvalue weighted by Crippen LogP contribution is 2.24. The minimum absolute atomic E-state index is 0.00716. The van der Waals surface area contributed by atoms with Gasteiger partial charge in [0.25, 0.3) is 0 Å². The summed E-state index contributed by atoms with van der Waals surface area (Å²) in [6.45, 7) is 7.84. The van der Waals surface area contributed by atoms with Gasteiger partial charge >= 0.3 is 0 Å². The van der Waals surface area contributed by atoms with Crippen LogP contribution in [0.15, 0.2) is 30.4 Å². The van der Waals surface area contributed by atoms with Crippen LogP contribution in [0.25, 0.3) is 0 Å². The minimum atomic E-state index is -0.00716. The van der Waals surface area contributed by atoms with E-state index in [2.05, 4.69) is 12.0 Å². The van der Waals surface area contributed by atoms with E-state index < -0.39 is 0 Å². The van der Waals surface area contributed by atoms with Gasteiger partial charge in [0.05, 0.1) is 6.04 Å². The fraction of sp³-hybridized carbons (Fsp3) is 0.273. The average molecular weight is 211 g/mol. The van der Waals surface area contributed by atoms with Crippen LogP contribution in [0.5, 0.6) is 0 Å². The predicted molar refractivity (Wildman–Crippen MR) is 61.1 cm³/mol. The predicted octanol–water partition coefficient (Wildman–Crippen LogP) is 2.73. The van der Waals surface area contributed by atoms with Crippen molar-refractivity contribution in [2.24, 2.45) is 5.84 Å². The molecule has 1 aromatic carbocycles. The first-order valence-electron chi connectivity index (χ1n) is 4.44. The summed E-state index contributed by atoms with van der Waals surface area (Å²) in [6.07, 6.45) is 0. The summed E-state index contributed by atoms with van der Waals surface area (Å²) in [5.74, 6) is 5.47. The van der Waals surface area contributed by atoms with E-state index in [-0.39, 0.29) is 6.04 Å². The van der Waals surface area contributed by atoms with E-state index >= 15 is 0 Å². The number of hydrogen-bond acceptors (Lipinski definition) is 2. The van der Waals surface area contributed by atoms with Crippen LogP contribution >= 0.6 is 11.6 Å². The van der Waals surface area contributed by atoms with E-state index in [1.165, 1.54) is 0 Å². The quantitative estimate of drug-likeness (QED) is 0.458. The Balaban J connectivity index is 3.10. The molecule has 0 saturated heterocycles. The van der Waals surface area contributed by atoms with Gasteiger partial charge in [-0.1, -0.05) is 29.8 Å². The van der Waals surface area contributed by atoms with Crippen molar-refractivity contribution in [3.8, 4) is 0 Å². The molecule has 0 aliphatic rings. The number of hydrazine groups is 1. The molecule has 0 bridgehead atoms. The lowest BCUT2D eigenvalue weighted by Crippen LogP contribution is -2.29. The summed E-state index contributed by atoms with van der Waals surface area (Å²) < 4.78 is 0. The number of aryl methyl sites for hydroxylation is 1. The third kappa shape index (κ3) is 2.35. The number of benzene rings is 1. The Morgan fingerprint density at radius 3 is 2.64 bits per heavy atom. The highest BCUT2D eigenvalue weighted by molar-refractivity contribution is 6.30. The molecule has 0 spiro atoms. The van der Waals surface area contributed by atoms with Gasteiger partial charge < -0.3 is 0 Å². The average Bonchev–Trinajstić information content (AvgIpc) is 2.09. The van der Waals surface area contributed by atoms with Gasteiger partial charge in [-0.15, -0.1) is 0 Å². The van der Waals surface area contributed by atoms with Crippen molar-refractivity contribution in [3.63, 3.8) is 0 Å². The van der Waals surface area contributed by atoms with Crippen LogP contribution in [0.1, 0.15) is 24.1 Å². The van der Waals surface area contributed by atoms with E-state index in [0.29, 0.717) is 0 Å². The van der Waals surface area contributed by atoms with Crippen molar-refractivity contribution >= 4 is 11.6 Å². The summed E-state index contributed by atoms with van der Waals surface area (Å²) in [6, 6.07) is 5.74. The van der Waals surface area contributed by atoms with Gasteiger partial charge in [-0.05, 0) is 37.1 Å². The summed E-state index contributed by atoms with van der Waals surface area (Å²) in [4.78, 5) is 0. The third-order valence-electron chi connectivity index (χ3n) is 2.20. The van der Waals surface area contributed by atoms with Gasteiger partial charge in [0, 0.05) is 5.02 Å². The van der Waals surface area contributed by atoms with Crippen LogP contribution in [0, 0.1) is 6.92 Å². The maximum atomic E-state index is 5.87. The molecule has 3 heteroatoms. The zero-order valence-corrected chi connectivity index (χ0v) is 9.23. The van der Waals surface area contributed by atoms with Gasteiger partial charge in [-0.25, -0.2) is 5.43 Å². The number of rotatable bonds is 3. The molecular weight excluding hydrogens is 196 g/mol. The number of nitrogens with two attached hydrogens (primary N) is 1. The van der Waals surface area contributed by atoms with Crippen LogP contribution in [0.3, 0.4) is 0 Å². The Hall–Kier alpha value is -0.830. The number of hydrogen-bond donors (Lipinski definition) is 2. The molecule has 0 radical (unpaired) electrons. The van der Waals surface area contributed by atoms with Crippen molar-refractivity contribution in [2.45, 2.75) is 19.9 Å². The standard InChI is InChI=1S/C11H15ClN2/c1-7(2)11(14-13)10-5-4-9(12)6-8(10)3/h4-6,11,14H,1,13H2,2-3H3. The van der Waals surface area contributed by atoms with Crippen molar-refractivity contribution in [1.82, 2.24) is 5.43 Å². The largest absolute Gasteiger partial charge is 0.271 e. The molecule has 0 heterocycles. The van der Waals surface area contributed by atoms with Gasteiger partial charge in [-0.2, -0.15) is 0 Å². The highest BCUT2D eigenvalue weighted by atomic mass is 35.5. The first-order valence-corrected chi connectivity index (χ1v) is 4.81. The van der Waals surface area contributed by atoms with Gasteiger partial charge in [0.2, 0.25) is 0 Å². The Bertz CT molecular complexity index is 347. The second-order valence-corrected chi connectivity index (χ2v) is 3.88. The zero-order valence-electron chi connectivity index (χ0n) is 8.47. The molecule has 1 rings (SSSR count). The van der Waals surface area contributed by atoms with Gasteiger partial charge in [0.1, 0.15) is 0 Å². The monoisotopic (exact) mass is 210 g/mol. The van der Waals surface area contributed by atoms with Gasteiger partial charge in [-0.3, -0.25) is 5.84 Å². The van der Waals surface area contributed by atoms with Crippen LogP contribution < -0.4 is 11.3 Å². The number of halogens is 1. The van der Waals surface area contributed by atoms with Crippen LogP contribution in [-0.4, -0.2) is 0 Å². The second-order valence-electron chi connectivity index (χ2n) is 3.45. The summed E-state index contributed by atoms with van der Waals surface area (Å²) in [7, 11) is 0. The summed E-state index contributed by atoms with van der Waals surface area (Å²) in [5, 5.41) is 0.740. The molecule has 1 atom stereocenters. The Kier molecular flexibility index (Phi) is 3.69. The molecule has 0 aliphatic heterocycles. The minimum Gasteiger partial charge on any atom is -0.271 e. The molecule has 3 N–H and O–H groups in total. The molecule has 1 unspecified atom stereocenters. The molecule has 0 aromatic heterocycles. The molecule has 1 aromatic rings. The smallest absolute Gasteiger partial charge is 0.0667 e. The first-order chi connectivity index (χ1) is 6.56. The first kappa shape index (κ1) is 11.2. The summed E-state index contributed by atoms with van der Waals surface area (Å²) >= 11 is 5.87. The summed E-state index contributed by atoms with van der Waals surface area (Å²) in [5.41, 5.74) is 5.95. The van der Waals surface area contributed by atoms with E-state index in [1.807, 2.05) is 32.0 Å². The Morgan fingerprint density at radius 2 is 2.21 bits per heavy atom. The topological polar surface area (TPSA) is 38.0 Å². The Labute approximate surface area is 89.7 Å². The van der Waals surface area contributed by atoms with Crippen molar-refractivity contribution < 1.29 is 0 Å². The van der Waals surface area contributed by atoms with E-state index in [9.17, 15) is 0 Å². The van der Waals surface area contributed by atoms with Crippen molar-refractivity contribution in [1.29, 1.82) is 0 Å². The molecule has 0 fully saturated rings. The van der Waals surface area contributed by atoms with E-state index in [0.717, 1.165) is 21.7 Å². The molecule has 0 saturated carbocycles. The van der Waals surface area contributed by atoms with Crippen molar-refractivity contribution in [3.05, 3.63) is 46.5 Å². The SMILES string of the molecule is C=C(C)C(NN)c1ccc(Cl)cc1C. The van der Waals surface area contributed by atoms with E-state index in [1.54, 1.807) is 0 Å². The van der Waals surface area contributed by atoms with Crippen LogP contribution in [0.2, 0.25) is 5.02 Å². The molecule has 0 aliphatic carbocycles. The molecule has 14 heavy (non-hydrogen) atoms. The van der Waals surface area contributed by atoms with E-state index in [4.69, 9.17) is 17.4 Å². The maximum absolute atomic E-state index is 5.87. The second kappa shape index (κ2) is 4.60. The lowest BCUT2D eigenvalue weighted by atomic mass is 9.97. The lowest BCUT2D eigenvalue weighted by molar-refractivity contribution is 0.624. The molecular formula is C11H15ClN2. The molecule has 76 valence electrons. The highest BCUT2D eigenvalue weighted by Gasteiger charge is 2.12. The molecule has 0 amide bonds. The van der Waals surface area contributed by atoms with Gasteiger partial charge in [0.15, 0.2) is 0 Å². The Morgan fingerprint density at radius 1 is 1.57 bits per heavy atom. The lowest BCUT2D eigenvalue weighted by Gasteiger charge is -2.18. The zero-order chi connectivity index (χ0) is 10.7. The van der Waals surface area contributed by atoms with Crippen LogP contribution in [0.4, 0.5) is 0 Å². The van der Waals surface area contributed by atoms with Crippen LogP contribution in [-0.2, 0) is 0 Å². The third-order valence-corrected chi connectivity index (χ3v) is 2.44. The maximum Gasteiger partial charge on any atom is 0.0667 e. The number of nitrogens with one attached hydrogen (secondary N) is 1. The normalized spacial score (nSPS) is 12.6.